The van der Waals surface area contributed by atoms with Crippen LogP contribution in [0.5, 0.6) is 5.75 Å². The average Bonchev–Trinajstić information content (AvgIpc) is 2.95. The van der Waals surface area contributed by atoms with Gasteiger partial charge in [-0.3, -0.25) is 4.79 Å². The van der Waals surface area contributed by atoms with Crippen molar-refractivity contribution in [2.24, 2.45) is 0 Å². The first-order chi connectivity index (χ1) is 8.72. The van der Waals surface area contributed by atoms with Crippen LogP contribution in [0.1, 0.15) is 18.2 Å². The van der Waals surface area contributed by atoms with Gasteiger partial charge in [-0.1, -0.05) is 0 Å². The van der Waals surface area contributed by atoms with E-state index in [4.69, 9.17) is 4.74 Å². The molecule has 0 unspecified atom stereocenters. The summed E-state index contributed by atoms with van der Waals surface area (Å²) in [6.07, 6.45) is 1.39. The van der Waals surface area contributed by atoms with E-state index < -0.39 is 0 Å². The third-order valence-electron chi connectivity index (χ3n) is 2.92. The van der Waals surface area contributed by atoms with E-state index in [1.54, 1.807) is 18.3 Å². The number of carbonyl (C=O) groups is 1. The summed E-state index contributed by atoms with van der Waals surface area (Å²) in [6, 6.07) is 6.17. The van der Waals surface area contributed by atoms with Crippen LogP contribution in [0.2, 0.25) is 0 Å². The Labute approximate surface area is 109 Å². The van der Waals surface area contributed by atoms with Crippen molar-refractivity contribution in [2.75, 3.05) is 6.61 Å². The van der Waals surface area contributed by atoms with Gasteiger partial charge >= 0.3 is 0 Å². The van der Waals surface area contributed by atoms with Gasteiger partial charge < -0.3 is 4.74 Å². The molecule has 0 radical (unpaired) electrons. The molecule has 0 fully saturated rings. The van der Waals surface area contributed by atoms with Crippen molar-refractivity contribution < 1.29 is 9.53 Å². The standard InChI is InChI=1S/C14H13NO2S/c1-9(16)6-12-8-18-14(15-12)11-2-3-13-10(7-11)4-5-17-13/h2-3,7-8H,4-6H2,1H3. The molecule has 0 atom stereocenters. The van der Waals surface area contributed by atoms with Crippen LogP contribution in [0.4, 0.5) is 0 Å². The molecular formula is C14H13NO2S. The summed E-state index contributed by atoms with van der Waals surface area (Å²) in [4.78, 5) is 15.6. The van der Waals surface area contributed by atoms with Crippen molar-refractivity contribution in [3.8, 4) is 16.3 Å². The lowest BCUT2D eigenvalue weighted by Gasteiger charge is -2.00. The molecule has 0 spiro atoms. The molecule has 3 rings (SSSR count). The Balaban J connectivity index is 1.90. The second-order valence-corrected chi connectivity index (χ2v) is 5.30. The summed E-state index contributed by atoms with van der Waals surface area (Å²) in [5, 5.41) is 2.93. The van der Waals surface area contributed by atoms with E-state index in [1.165, 1.54) is 5.56 Å². The summed E-state index contributed by atoms with van der Waals surface area (Å²) < 4.78 is 5.49. The van der Waals surface area contributed by atoms with Crippen molar-refractivity contribution in [1.82, 2.24) is 4.98 Å². The fraction of sp³-hybridized carbons (Fsp3) is 0.286. The molecule has 3 nitrogen and oxygen atoms in total. The number of ketones is 1. The van der Waals surface area contributed by atoms with Gasteiger partial charge in [-0.25, -0.2) is 4.98 Å². The van der Waals surface area contributed by atoms with Crippen LogP contribution in [0.25, 0.3) is 10.6 Å². The van der Waals surface area contributed by atoms with Gasteiger partial charge in [0.05, 0.1) is 12.3 Å². The molecule has 1 aliphatic rings. The predicted octanol–water partition coefficient (Wildman–Crippen LogP) is 2.88. The maximum Gasteiger partial charge on any atom is 0.135 e. The molecule has 4 heteroatoms. The maximum atomic E-state index is 11.1. The molecule has 0 saturated heterocycles. The minimum absolute atomic E-state index is 0.147. The quantitative estimate of drug-likeness (QED) is 0.850. The number of benzene rings is 1. The number of fused-ring (bicyclic) bond motifs is 1. The van der Waals surface area contributed by atoms with Gasteiger partial charge in [0.2, 0.25) is 0 Å². The molecule has 1 aliphatic heterocycles. The SMILES string of the molecule is CC(=O)Cc1csc(-c2ccc3c(c2)CCO3)n1. The Morgan fingerprint density at radius 3 is 3.22 bits per heavy atom. The zero-order valence-corrected chi connectivity index (χ0v) is 10.9. The summed E-state index contributed by atoms with van der Waals surface area (Å²) in [5.41, 5.74) is 3.22. The molecule has 0 saturated carbocycles. The number of nitrogens with zero attached hydrogens (tertiary/aromatic N) is 1. The topological polar surface area (TPSA) is 39.2 Å². The van der Waals surface area contributed by atoms with Gasteiger partial charge in [-0.05, 0) is 30.7 Å². The van der Waals surface area contributed by atoms with Crippen LogP contribution < -0.4 is 4.74 Å². The van der Waals surface area contributed by atoms with E-state index in [0.717, 1.165) is 35.0 Å². The number of aromatic nitrogens is 1. The Kier molecular flexibility index (Phi) is 2.88. The van der Waals surface area contributed by atoms with Gasteiger partial charge in [-0.15, -0.1) is 11.3 Å². The average molecular weight is 259 g/mol. The molecule has 0 amide bonds. The van der Waals surface area contributed by atoms with E-state index in [9.17, 15) is 4.79 Å². The van der Waals surface area contributed by atoms with E-state index >= 15 is 0 Å². The molecule has 92 valence electrons. The third-order valence-corrected chi connectivity index (χ3v) is 3.86. The predicted molar refractivity (Wildman–Crippen MR) is 71.1 cm³/mol. The first-order valence-electron chi connectivity index (χ1n) is 5.92. The fourth-order valence-corrected chi connectivity index (χ4v) is 2.91. The molecule has 1 aromatic heterocycles. The highest BCUT2D eigenvalue weighted by Crippen LogP contribution is 2.31. The van der Waals surface area contributed by atoms with Gasteiger partial charge in [0, 0.05) is 23.8 Å². The van der Waals surface area contributed by atoms with E-state index in [1.807, 2.05) is 17.5 Å². The van der Waals surface area contributed by atoms with E-state index in [2.05, 4.69) is 11.1 Å². The van der Waals surface area contributed by atoms with Gasteiger partial charge in [0.1, 0.15) is 16.5 Å². The number of hydrogen-bond donors (Lipinski definition) is 0. The first-order valence-corrected chi connectivity index (χ1v) is 6.80. The lowest BCUT2D eigenvalue weighted by atomic mass is 10.1. The molecule has 2 aromatic rings. The highest BCUT2D eigenvalue weighted by atomic mass is 32.1. The minimum atomic E-state index is 0.147. The Morgan fingerprint density at radius 2 is 2.39 bits per heavy atom. The number of hydrogen-bond acceptors (Lipinski definition) is 4. The third kappa shape index (κ3) is 2.16. The number of thiazole rings is 1. The Morgan fingerprint density at radius 1 is 1.50 bits per heavy atom. The molecule has 1 aromatic carbocycles. The number of carbonyl (C=O) groups excluding carboxylic acids is 1. The second-order valence-electron chi connectivity index (χ2n) is 4.44. The first kappa shape index (κ1) is 11.4. The summed E-state index contributed by atoms with van der Waals surface area (Å²) in [7, 11) is 0. The lowest BCUT2D eigenvalue weighted by Crippen LogP contribution is -1.96. The van der Waals surface area contributed by atoms with E-state index in [0.29, 0.717) is 6.42 Å². The summed E-state index contributed by atoms with van der Waals surface area (Å²) in [5.74, 6) is 1.13. The number of ether oxygens (including phenoxy) is 1. The zero-order chi connectivity index (χ0) is 12.5. The van der Waals surface area contributed by atoms with Gasteiger partial charge in [-0.2, -0.15) is 0 Å². The maximum absolute atomic E-state index is 11.1. The van der Waals surface area contributed by atoms with Crippen molar-refractivity contribution in [3.63, 3.8) is 0 Å². The molecule has 0 N–H and O–H groups in total. The van der Waals surface area contributed by atoms with Crippen LogP contribution in [-0.2, 0) is 17.6 Å². The highest BCUT2D eigenvalue weighted by molar-refractivity contribution is 7.13. The fourth-order valence-electron chi connectivity index (χ4n) is 2.10. The van der Waals surface area contributed by atoms with Crippen LogP contribution in [0.3, 0.4) is 0 Å². The highest BCUT2D eigenvalue weighted by Gasteiger charge is 2.14. The van der Waals surface area contributed by atoms with Crippen molar-refractivity contribution in [2.45, 2.75) is 19.8 Å². The molecule has 2 heterocycles. The Bertz CT molecular complexity index is 604. The summed E-state index contributed by atoms with van der Waals surface area (Å²) >= 11 is 1.59. The molecule has 0 bridgehead atoms. The number of rotatable bonds is 3. The smallest absolute Gasteiger partial charge is 0.135 e. The Hall–Kier alpha value is -1.68. The van der Waals surface area contributed by atoms with Crippen LogP contribution in [0.15, 0.2) is 23.6 Å². The molecular weight excluding hydrogens is 246 g/mol. The van der Waals surface area contributed by atoms with Crippen molar-refractivity contribution in [1.29, 1.82) is 0 Å². The second kappa shape index (κ2) is 4.53. The monoisotopic (exact) mass is 259 g/mol. The molecule has 18 heavy (non-hydrogen) atoms. The lowest BCUT2D eigenvalue weighted by molar-refractivity contribution is -0.116. The van der Waals surface area contributed by atoms with E-state index in [-0.39, 0.29) is 5.78 Å². The largest absolute Gasteiger partial charge is 0.493 e. The van der Waals surface area contributed by atoms with Crippen LogP contribution in [0, 0.1) is 0 Å². The van der Waals surface area contributed by atoms with Gasteiger partial charge in [0.15, 0.2) is 0 Å². The van der Waals surface area contributed by atoms with Crippen LogP contribution in [-0.4, -0.2) is 17.4 Å². The van der Waals surface area contributed by atoms with Crippen LogP contribution >= 0.6 is 11.3 Å². The molecule has 0 aliphatic carbocycles. The normalized spacial score (nSPS) is 13.2. The number of Topliss-reactive ketones (excluding diaryl/α,β-unsaturated/α-hetero) is 1. The summed E-state index contributed by atoms with van der Waals surface area (Å²) in [6.45, 7) is 2.36. The zero-order valence-electron chi connectivity index (χ0n) is 10.1. The van der Waals surface area contributed by atoms with Gasteiger partial charge in [0.25, 0.3) is 0 Å². The minimum Gasteiger partial charge on any atom is -0.493 e. The van der Waals surface area contributed by atoms with Crippen molar-refractivity contribution in [3.05, 3.63) is 34.8 Å². The van der Waals surface area contributed by atoms with Crippen molar-refractivity contribution >= 4 is 17.1 Å².